The SMILES string of the molecule is CCOC(=O)c1cnc(N)c2c(C(C)(Oc3ccccc3)c3nnc(-c4ccccc4Cl)o3)csc12. The second-order valence-electron chi connectivity index (χ2n) is 7.97. The van der Waals surface area contributed by atoms with E-state index in [9.17, 15) is 4.79 Å². The lowest BCUT2D eigenvalue weighted by Gasteiger charge is -2.27. The standard InChI is InChI=1S/C26H21ClN4O4S/c1-3-33-24(32)17-13-29-22(28)20-18(14-36-21(17)20)26(2,35-15-9-5-4-6-10-15)25-31-30-23(34-25)16-11-7-8-12-19(16)27/h4-14H,3H2,1-2H3,(H2,28,29). The number of carbonyl (C=O) groups excluding carboxylic acids is 1. The first-order valence-corrected chi connectivity index (χ1v) is 12.3. The number of pyridine rings is 1. The molecule has 0 saturated heterocycles. The molecular weight excluding hydrogens is 500 g/mol. The lowest BCUT2D eigenvalue weighted by molar-refractivity contribution is 0.0528. The Bertz CT molecular complexity index is 1550. The highest BCUT2D eigenvalue weighted by Gasteiger charge is 2.41. The molecule has 10 heteroatoms. The summed E-state index contributed by atoms with van der Waals surface area (Å²) in [5, 5.41) is 11.5. The quantitative estimate of drug-likeness (QED) is 0.256. The Kier molecular flexibility index (Phi) is 6.34. The fraction of sp³-hybridized carbons (Fsp3) is 0.154. The van der Waals surface area contributed by atoms with Crippen LogP contribution in [0.15, 0.2) is 70.6 Å². The van der Waals surface area contributed by atoms with Crippen LogP contribution in [0.1, 0.15) is 35.7 Å². The number of nitrogens with zero attached hydrogens (tertiary/aromatic N) is 3. The van der Waals surface area contributed by atoms with Gasteiger partial charge in [-0.2, -0.15) is 0 Å². The van der Waals surface area contributed by atoms with Crippen molar-refractivity contribution in [2.45, 2.75) is 19.4 Å². The van der Waals surface area contributed by atoms with E-state index in [0.29, 0.717) is 37.5 Å². The molecule has 5 aromatic rings. The molecule has 2 aromatic carbocycles. The lowest BCUT2D eigenvalue weighted by atomic mass is 9.94. The van der Waals surface area contributed by atoms with Crippen molar-refractivity contribution in [3.8, 4) is 17.2 Å². The maximum Gasteiger partial charge on any atom is 0.341 e. The van der Waals surface area contributed by atoms with Crippen molar-refractivity contribution in [3.63, 3.8) is 0 Å². The van der Waals surface area contributed by atoms with Crippen molar-refractivity contribution < 1.29 is 18.7 Å². The number of fused-ring (bicyclic) bond motifs is 1. The molecule has 0 bridgehead atoms. The van der Waals surface area contributed by atoms with Crippen LogP contribution in [0, 0.1) is 0 Å². The van der Waals surface area contributed by atoms with Crippen molar-refractivity contribution >= 4 is 44.8 Å². The Morgan fingerprint density at radius 2 is 1.89 bits per heavy atom. The fourth-order valence-corrected chi connectivity index (χ4v) is 5.26. The van der Waals surface area contributed by atoms with Crippen molar-refractivity contribution in [2.24, 2.45) is 0 Å². The van der Waals surface area contributed by atoms with Crippen molar-refractivity contribution in [2.75, 3.05) is 12.3 Å². The van der Waals surface area contributed by atoms with Gasteiger partial charge in [0.1, 0.15) is 11.6 Å². The summed E-state index contributed by atoms with van der Waals surface area (Å²) >= 11 is 7.69. The molecule has 5 rings (SSSR count). The molecule has 0 radical (unpaired) electrons. The zero-order valence-electron chi connectivity index (χ0n) is 19.4. The summed E-state index contributed by atoms with van der Waals surface area (Å²) in [4.78, 5) is 16.9. The molecule has 0 aliphatic rings. The van der Waals surface area contributed by atoms with Crippen molar-refractivity contribution in [1.82, 2.24) is 15.2 Å². The summed E-state index contributed by atoms with van der Waals surface area (Å²) < 4.78 is 18.5. The van der Waals surface area contributed by atoms with Crippen LogP contribution in [0.5, 0.6) is 5.75 Å². The van der Waals surface area contributed by atoms with Gasteiger partial charge in [0.2, 0.25) is 11.5 Å². The normalized spacial score (nSPS) is 12.9. The van der Waals surface area contributed by atoms with Crippen LogP contribution < -0.4 is 10.5 Å². The Morgan fingerprint density at radius 3 is 2.64 bits per heavy atom. The van der Waals surface area contributed by atoms with Gasteiger partial charge in [0, 0.05) is 17.1 Å². The highest BCUT2D eigenvalue weighted by atomic mass is 35.5. The second-order valence-corrected chi connectivity index (χ2v) is 9.26. The van der Waals surface area contributed by atoms with E-state index in [1.54, 1.807) is 19.1 Å². The Labute approximate surface area is 215 Å². The summed E-state index contributed by atoms with van der Waals surface area (Å²) in [5.41, 5.74) is 6.59. The molecule has 182 valence electrons. The van der Waals surface area contributed by atoms with Crippen LogP contribution in [-0.2, 0) is 10.3 Å². The lowest BCUT2D eigenvalue weighted by Crippen LogP contribution is -2.31. The van der Waals surface area contributed by atoms with E-state index in [-0.39, 0.29) is 24.2 Å². The second kappa shape index (κ2) is 9.60. The van der Waals surface area contributed by atoms with E-state index >= 15 is 0 Å². The molecule has 36 heavy (non-hydrogen) atoms. The minimum Gasteiger partial charge on any atom is -0.473 e. The number of thiophene rings is 1. The molecule has 0 aliphatic carbocycles. The summed E-state index contributed by atoms with van der Waals surface area (Å²) in [7, 11) is 0. The highest BCUT2D eigenvalue weighted by Crippen LogP contribution is 2.44. The number of carbonyl (C=O) groups is 1. The minimum absolute atomic E-state index is 0.182. The van der Waals surface area contributed by atoms with Gasteiger partial charge in [-0.15, -0.1) is 21.5 Å². The van der Waals surface area contributed by atoms with E-state index in [4.69, 9.17) is 31.2 Å². The zero-order chi connectivity index (χ0) is 25.3. The van der Waals surface area contributed by atoms with Crippen LogP contribution >= 0.6 is 22.9 Å². The van der Waals surface area contributed by atoms with Crippen LogP contribution in [0.4, 0.5) is 5.82 Å². The molecule has 0 aliphatic heterocycles. The van der Waals surface area contributed by atoms with E-state index in [0.717, 1.165) is 0 Å². The predicted molar refractivity (Wildman–Crippen MR) is 138 cm³/mol. The van der Waals surface area contributed by atoms with Crippen LogP contribution in [0.25, 0.3) is 21.5 Å². The Morgan fingerprint density at radius 1 is 1.14 bits per heavy atom. The van der Waals surface area contributed by atoms with Gasteiger partial charge >= 0.3 is 5.97 Å². The van der Waals surface area contributed by atoms with Gasteiger partial charge in [-0.25, -0.2) is 9.78 Å². The first kappa shape index (κ1) is 23.8. The van der Waals surface area contributed by atoms with Crippen molar-refractivity contribution in [1.29, 1.82) is 0 Å². The smallest absolute Gasteiger partial charge is 0.341 e. The van der Waals surface area contributed by atoms with Crippen LogP contribution in [0.2, 0.25) is 5.02 Å². The molecule has 3 heterocycles. The Balaban J connectivity index is 1.70. The van der Waals surface area contributed by atoms with Gasteiger partial charge in [0.25, 0.3) is 5.89 Å². The highest BCUT2D eigenvalue weighted by molar-refractivity contribution is 7.18. The number of nitrogen functional groups attached to an aromatic ring is 1. The van der Waals surface area contributed by atoms with Gasteiger partial charge < -0.3 is 19.6 Å². The number of hydrogen-bond donors (Lipinski definition) is 1. The number of ether oxygens (including phenoxy) is 2. The maximum atomic E-state index is 12.6. The van der Waals surface area contributed by atoms with E-state index in [1.807, 2.05) is 54.8 Å². The number of aromatic nitrogens is 3. The number of para-hydroxylation sites is 1. The number of halogens is 1. The van der Waals surface area contributed by atoms with Gasteiger partial charge in [-0.3, -0.25) is 0 Å². The van der Waals surface area contributed by atoms with Gasteiger partial charge in [0.15, 0.2) is 0 Å². The van der Waals surface area contributed by atoms with E-state index < -0.39 is 11.6 Å². The third-order valence-electron chi connectivity index (χ3n) is 5.64. The summed E-state index contributed by atoms with van der Waals surface area (Å²) in [6, 6.07) is 16.4. The number of hydrogen-bond acceptors (Lipinski definition) is 9. The molecule has 2 N–H and O–H groups in total. The largest absolute Gasteiger partial charge is 0.473 e. The maximum absolute atomic E-state index is 12.6. The van der Waals surface area contributed by atoms with Gasteiger partial charge in [-0.1, -0.05) is 41.9 Å². The average Bonchev–Trinajstić information content (AvgIpc) is 3.55. The van der Waals surface area contributed by atoms with E-state index in [2.05, 4.69) is 15.2 Å². The monoisotopic (exact) mass is 520 g/mol. The molecule has 8 nitrogen and oxygen atoms in total. The average molecular weight is 521 g/mol. The summed E-state index contributed by atoms with van der Waals surface area (Å²) in [6.07, 6.45) is 1.42. The molecule has 1 atom stereocenters. The van der Waals surface area contributed by atoms with Gasteiger partial charge in [0.05, 0.1) is 27.5 Å². The molecule has 0 saturated carbocycles. The topological polar surface area (TPSA) is 113 Å². The summed E-state index contributed by atoms with van der Waals surface area (Å²) in [5.74, 6) is 0.763. The third-order valence-corrected chi connectivity index (χ3v) is 6.98. The number of anilines is 1. The zero-order valence-corrected chi connectivity index (χ0v) is 21.0. The third kappa shape index (κ3) is 4.16. The summed E-state index contributed by atoms with van der Waals surface area (Å²) in [6.45, 7) is 3.79. The number of benzene rings is 2. The number of esters is 1. The number of rotatable bonds is 7. The first-order chi connectivity index (χ1) is 17.4. The molecular formula is C26H21ClN4O4S. The van der Waals surface area contributed by atoms with Crippen molar-refractivity contribution in [3.05, 3.63) is 88.2 Å². The van der Waals surface area contributed by atoms with Gasteiger partial charge in [-0.05, 0) is 43.5 Å². The fourth-order valence-electron chi connectivity index (χ4n) is 3.87. The molecule has 0 amide bonds. The predicted octanol–water partition coefficient (Wildman–Crippen LogP) is 6.10. The first-order valence-electron chi connectivity index (χ1n) is 11.1. The molecule has 0 fully saturated rings. The van der Waals surface area contributed by atoms with E-state index in [1.165, 1.54) is 17.5 Å². The minimum atomic E-state index is -1.28. The Hall–Kier alpha value is -3.95. The molecule has 1 unspecified atom stereocenters. The number of nitrogens with two attached hydrogens (primary N) is 1. The van der Waals surface area contributed by atoms with Crippen LogP contribution in [-0.4, -0.2) is 27.8 Å². The van der Waals surface area contributed by atoms with Crippen LogP contribution in [0.3, 0.4) is 0 Å². The molecule has 0 spiro atoms. The molecule has 3 aromatic heterocycles.